The molecule has 0 aliphatic heterocycles. The molecule has 1 unspecified atom stereocenters. The molecule has 9 nitrogen and oxygen atoms in total. The normalized spacial score (nSPS) is 12.1. The van der Waals surface area contributed by atoms with Gasteiger partial charge in [-0.2, -0.15) is 5.10 Å². The first-order chi connectivity index (χ1) is 15.1. The number of benzene rings is 2. The van der Waals surface area contributed by atoms with Crippen LogP contribution < -0.4 is 15.6 Å². The lowest BCUT2D eigenvalue weighted by Crippen LogP contribution is -2.33. The number of hydrogen-bond donors (Lipinski definition) is 2. The number of nitrogens with zero attached hydrogens (tertiary/aromatic N) is 2. The first-order valence-electron chi connectivity index (χ1n) is 9.68. The van der Waals surface area contributed by atoms with E-state index >= 15 is 0 Å². The Balaban J connectivity index is 1.79. The number of carbonyl (C=O) groups excluding carboxylic acids is 2. The van der Waals surface area contributed by atoms with Gasteiger partial charge in [-0.05, 0) is 44.2 Å². The number of aryl methyl sites for hydroxylation is 1. The van der Waals surface area contributed by atoms with Crippen LogP contribution in [0.15, 0.2) is 70.4 Å². The maximum absolute atomic E-state index is 12.7. The second-order valence-corrected chi connectivity index (χ2v) is 8.90. The standard InChI is InChI=1S/C22H22N4O5S/c1-14-4-6-17(7-5-14)20-12-13-21(28)26(24-20)15(2)22(29)23-18-8-10-19(11-9-18)32(30,31)25-16(3)27/h4-13,15H,1-3H3,(H,23,29)(H,25,27). The van der Waals surface area contributed by atoms with Gasteiger partial charge in [-0.15, -0.1) is 0 Å². The minimum atomic E-state index is -3.97. The number of carbonyl (C=O) groups is 2. The molecule has 0 radical (unpaired) electrons. The van der Waals surface area contributed by atoms with Crippen molar-refractivity contribution < 1.29 is 18.0 Å². The lowest BCUT2D eigenvalue weighted by atomic mass is 10.1. The molecule has 10 heteroatoms. The van der Waals surface area contributed by atoms with E-state index in [0.717, 1.165) is 22.7 Å². The fourth-order valence-electron chi connectivity index (χ4n) is 2.90. The van der Waals surface area contributed by atoms with Gasteiger partial charge in [0, 0.05) is 24.2 Å². The van der Waals surface area contributed by atoms with Crippen molar-refractivity contribution >= 4 is 27.5 Å². The Morgan fingerprint density at radius 1 is 0.969 bits per heavy atom. The molecule has 2 aromatic carbocycles. The van der Waals surface area contributed by atoms with Crippen molar-refractivity contribution in [1.29, 1.82) is 0 Å². The van der Waals surface area contributed by atoms with Gasteiger partial charge in [-0.25, -0.2) is 17.8 Å². The van der Waals surface area contributed by atoms with Gasteiger partial charge >= 0.3 is 0 Å². The monoisotopic (exact) mass is 454 g/mol. The van der Waals surface area contributed by atoms with E-state index in [1.807, 2.05) is 35.9 Å². The number of hydrogen-bond acceptors (Lipinski definition) is 6. The third-order valence-corrected chi connectivity index (χ3v) is 6.08. The minimum absolute atomic E-state index is 0.123. The Labute approximate surface area is 185 Å². The van der Waals surface area contributed by atoms with Gasteiger partial charge in [0.05, 0.1) is 10.6 Å². The average molecular weight is 455 g/mol. The van der Waals surface area contributed by atoms with E-state index < -0.39 is 33.4 Å². The van der Waals surface area contributed by atoms with E-state index in [-0.39, 0.29) is 4.90 Å². The Morgan fingerprint density at radius 3 is 2.19 bits per heavy atom. The van der Waals surface area contributed by atoms with Crippen LogP contribution in [0.1, 0.15) is 25.5 Å². The number of anilines is 1. The van der Waals surface area contributed by atoms with Gasteiger partial charge in [0.15, 0.2) is 0 Å². The lowest BCUT2D eigenvalue weighted by molar-refractivity contribution is -0.119. The summed E-state index contributed by atoms with van der Waals surface area (Å²) in [4.78, 5) is 35.9. The molecule has 32 heavy (non-hydrogen) atoms. The van der Waals surface area contributed by atoms with E-state index in [1.54, 1.807) is 6.07 Å². The van der Waals surface area contributed by atoms with Crippen LogP contribution in [-0.2, 0) is 19.6 Å². The third kappa shape index (κ3) is 5.27. The van der Waals surface area contributed by atoms with Crippen molar-refractivity contribution in [2.75, 3.05) is 5.32 Å². The molecular weight excluding hydrogens is 432 g/mol. The highest BCUT2D eigenvalue weighted by Crippen LogP contribution is 2.18. The van der Waals surface area contributed by atoms with E-state index in [0.29, 0.717) is 11.4 Å². The zero-order valence-electron chi connectivity index (χ0n) is 17.7. The zero-order valence-corrected chi connectivity index (χ0v) is 18.5. The van der Waals surface area contributed by atoms with Gasteiger partial charge in [-0.3, -0.25) is 14.4 Å². The smallest absolute Gasteiger partial charge is 0.267 e. The molecule has 2 amide bonds. The summed E-state index contributed by atoms with van der Waals surface area (Å²) >= 11 is 0. The topological polar surface area (TPSA) is 127 Å². The Bertz CT molecular complexity index is 1310. The molecule has 3 rings (SSSR count). The quantitative estimate of drug-likeness (QED) is 0.588. The fraction of sp³-hybridized carbons (Fsp3) is 0.182. The average Bonchev–Trinajstić information content (AvgIpc) is 2.74. The van der Waals surface area contributed by atoms with Crippen LogP contribution in [0.2, 0.25) is 0 Å². The van der Waals surface area contributed by atoms with Crippen molar-refractivity contribution in [3.8, 4) is 11.3 Å². The van der Waals surface area contributed by atoms with Crippen molar-refractivity contribution in [3.05, 3.63) is 76.6 Å². The summed E-state index contributed by atoms with van der Waals surface area (Å²) in [6.07, 6.45) is 0. The molecule has 1 heterocycles. The zero-order chi connectivity index (χ0) is 23.5. The Morgan fingerprint density at radius 2 is 1.59 bits per heavy atom. The Hall–Kier alpha value is -3.79. The molecule has 0 spiro atoms. The summed E-state index contributed by atoms with van der Waals surface area (Å²) in [6.45, 7) is 4.60. The van der Waals surface area contributed by atoms with E-state index in [1.165, 1.54) is 37.3 Å². The van der Waals surface area contributed by atoms with Crippen molar-refractivity contribution in [3.63, 3.8) is 0 Å². The Kier molecular flexibility index (Phi) is 6.54. The highest BCUT2D eigenvalue weighted by Gasteiger charge is 2.19. The lowest BCUT2D eigenvalue weighted by Gasteiger charge is -2.15. The first kappa shape index (κ1) is 22.9. The number of sulfonamides is 1. The number of nitrogens with one attached hydrogen (secondary N) is 2. The first-order valence-corrected chi connectivity index (χ1v) is 11.2. The van der Waals surface area contributed by atoms with E-state index in [9.17, 15) is 22.8 Å². The maximum Gasteiger partial charge on any atom is 0.267 e. The summed E-state index contributed by atoms with van der Waals surface area (Å²) < 4.78 is 27.0. The van der Waals surface area contributed by atoms with E-state index in [4.69, 9.17) is 0 Å². The molecule has 166 valence electrons. The second-order valence-electron chi connectivity index (χ2n) is 7.22. The summed E-state index contributed by atoms with van der Waals surface area (Å²) in [6, 6.07) is 14.9. The van der Waals surface area contributed by atoms with Crippen LogP contribution in [-0.4, -0.2) is 30.0 Å². The summed E-state index contributed by atoms with van der Waals surface area (Å²) in [5, 5.41) is 6.97. The highest BCUT2D eigenvalue weighted by molar-refractivity contribution is 7.90. The SMILES string of the molecule is CC(=O)NS(=O)(=O)c1ccc(NC(=O)C(C)n2nc(-c3ccc(C)cc3)ccc2=O)cc1. The van der Waals surface area contributed by atoms with Gasteiger partial charge in [0.25, 0.3) is 15.6 Å². The van der Waals surface area contributed by atoms with Crippen LogP contribution in [0.4, 0.5) is 5.69 Å². The molecule has 0 bridgehead atoms. The third-order valence-electron chi connectivity index (χ3n) is 4.63. The highest BCUT2D eigenvalue weighted by atomic mass is 32.2. The molecule has 2 N–H and O–H groups in total. The number of amides is 2. The summed E-state index contributed by atoms with van der Waals surface area (Å²) in [5.41, 5.74) is 2.35. The second kappa shape index (κ2) is 9.15. The van der Waals surface area contributed by atoms with Gasteiger partial charge in [-0.1, -0.05) is 29.8 Å². The molecule has 1 aromatic heterocycles. The summed E-state index contributed by atoms with van der Waals surface area (Å²) in [7, 11) is -3.97. The molecule has 0 fully saturated rings. The van der Waals surface area contributed by atoms with Crippen LogP contribution >= 0.6 is 0 Å². The van der Waals surface area contributed by atoms with E-state index in [2.05, 4.69) is 10.4 Å². The number of aromatic nitrogens is 2. The minimum Gasteiger partial charge on any atom is -0.324 e. The van der Waals surface area contributed by atoms with Crippen LogP contribution in [0.25, 0.3) is 11.3 Å². The molecular formula is C22H22N4O5S. The molecule has 0 aliphatic carbocycles. The van der Waals surface area contributed by atoms with Crippen molar-refractivity contribution in [2.45, 2.75) is 31.7 Å². The molecule has 0 saturated carbocycles. The largest absolute Gasteiger partial charge is 0.324 e. The predicted octanol–water partition coefficient (Wildman–Crippen LogP) is 2.24. The van der Waals surface area contributed by atoms with Gasteiger partial charge in [0.1, 0.15) is 6.04 Å². The van der Waals surface area contributed by atoms with Gasteiger partial charge < -0.3 is 5.32 Å². The molecule has 3 aromatic rings. The predicted molar refractivity (Wildman–Crippen MR) is 119 cm³/mol. The van der Waals surface area contributed by atoms with Crippen molar-refractivity contribution in [1.82, 2.24) is 14.5 Å². The fourth-order valence-corrected chi connectivity index (χ4v) is 3.90. The summed E-state index contributed by atoms with van der Waals surface area (Å²) in [5.74, 6) is -1.21. The molecule has 0 saturated heterocycles. The van der Waals surface area contributed by atoms with Crippen LogP contribution in [0.3, 0.4) is 0 Å². The molecule has 0 aliphatic rings. The molecule has 1 atom stereocenters. The van der Waals surface area contributed by atoms with Gasteiger partial charge in [0.2, 0.25) is 11.8 Å². The van der Waals surface area contributed by atoms with Crippen LogP contribution in [0.5, 0.6) is 0 Å². The van der Waals surface area contributed by atoms with Crippen LogP contribution in [0, 0.1) is 6.92 Å². The number of rotatable bonds is 6. The maximum atomic E-state index is 12.7. The van der Waals surface area contributed by atoms with Crippen molar-refractivity contribution in [2.24, 2.45) is 0 Å².